The molecule has 0 bridgehead atoms. The third-order valence-electron chi connectivity index (χ3n) is 4.95. The van der Waals surface area contributed by atoms with Crippen molar-refractivity contribution in [2.75, 3.05) is 31.2 Å². The number of ether oxygens (including phenoxy) is 1. The molecule has 0 saturated carbocycles. The van der Waals surface area contributed by atoms with E-state index >= 15 is 0 Å². The van der Waals surface area contributed by atoms with E-state index < -0.39 is 17.4 Å². The summed E-state index contributed by atoms with van der Waals surface area (Å²) in [5.74, 6) is 0. The highest BCUT2D eigenvalue weighted by molar-refractivity contribution is 6.36. The van der Waals surface area contributed by atoms with Crippen molar-refractivity contribution in [1.82, 2.24) is 9.97 Å². The molecule has 2 aromatic rings. The number of hydrogen-bond acceptors (Lipinski definition) is 4. The topological polar surface area (TPSA) is 64.9 Å². The number of aromatic nitrogens is 2. The second kappa shape index (κ2) is 5.26. The van der Waals surface area contributed by atoms with Crippen LogP contribution in [0.1, 0.15) is 23.4 Å². The van der Waals surface area contributed by atoms with Gasteiger partial charge in [0, 0.05) is 30.8 Å². The molecule has 2 aliphatic rings. The molecule has 132 valence electrons. The summed E-state index contributed by atoms with van der Waals surface area (Å²) >= 11 is 6.14. The molecule has 0 amide bonds. The summed E-state index contributed by atoms with van der Waals surface area (Å²) in [5.41, 5.74) is -0.523. The lowest BCUT2D eigenvalue weighted by molar-refractivity contribution is -0.141. The largest absolute Gasteiger partial charge is 0.434 e. The van der Waals surface area contributed by atoms with Gasteiger partial charge >= 0.3 is 6.18 Å². The molecule has 0 unspecified atom stereocenters. The summed E-state index contributed by atoms with van der Waals surface area (Å²) in [6.07, 6.45) is -3.86. The smallest absolute Gasteiger partial charge is 0.381 e. The fraction of sp³-hybridized carbons (Fsp3) is 0.500. The number of H-pyrrole nitrogens is 1. The van der Waals surface area contributed by atoms with Crippen LogP contribution in [0.15, 0.2) is 0 Å². The average Bonchev–Trinajstić information content (AvgIpc) is 3.10. The molecule has 2 aromatic heterocycles. The van der Waals surface area contributed by atoms with E-state index in [1.54, 1.807) is 17.9 Å². The number of pyridine rings is 1. The Morgan fingerprint density at radius 1 is 1.40 bits per heavy atom. The van der Waals surface area contributed by atoms with Gasteiger partial charge < -0.3 is 14.6 Å². The predicted octanol–water partition coefficient (Wildman–Crippen LogP) is 3.64. The Morgan fingerprint density at radius 3 is 2.68 bits per heavy atom. The summed E-state index contributed by atoms with van der Waals surface area (Å²) in [5, 5.41) is 9.58. The van der Waals surface area contributed by atoms with Crippen molar-refractivity contribution in [2.24, 2.45) is 5.41 Å². The van der Waals surface area contributed by atoms with Crippen LogP contribution in [0.2, 0.25) is 5.02 Å². The summed E-state index contributed by atoms with van der Waals surface area (Å²) in [6.45, 7) is 4.01. The van der Waals surface area contributed by atoms with Crippen molar-refractivity contribution in [3.63, 3.8) is 0 Å². The molecular formula is C16H14ClF3N4O. The molecule has 4 rings (SSSR count). The molecule has 2 fully saturated rings. The number of halogens is 4. The number of hydrogen-bond donors (Lipinski definition) is 1. The van der Waals surface area contributed by atoms with Gasteiger partial charge in [-0.2, -0.15) is 18.4 Å². The first-order chi connectivity index (χ1) is 11.8. The molecule has 2 aliphatic heterocycles. The average molecular weight is 371 g/mol. The lowest BCUT2D eigenvalue weighted by atomic mass is 9.78. The van der Waals surface area contributed by atoms with Gasteiger partial charge in [0.2, 0.25) is 0 Å². The van der Waals surface area contributed by atoms with E-state index in [0.717, 1.165) is 6.42 Å². The highest BCUT2D eigenvalue weighted by Crippen LogP contribution is 2.47. The van der Waals surface area contributed by atoms with E-state index in [1.807, 2.05) is 0 Å². The van der Waals surface area contributed by atoms with Crippen LogP contribution in [0.5, 0.6) is 0 Å². The van der Waals surface area contributed by atoms with Gasteiger partial charge in [0.1, 0.15) is 17.1 Å². The maximum absolute atomic E-state index is 13.5. The third kappa shape index (κ3) is 2.37. The van der Waals surface area contributed by atoms with E-state index in [4.69, 9.17) is 16.3 Å². The summed E-state index contributed by atoms with van der Waals surface area (Å²) in [7, 11) is 0. The first-order valence-corrected chi connectivity index (χ1v) is 8.15. The number of nitriles is 1. The molecule has 1 N–H and O–H groups in total. The predicted molar refractivity (Wildman–Crippen MR) is 85.6 cm³/mol. The lowest BCUT2D eigenvalue weighted by Gasteiger charge is -2.49. The van der Waals surface area contributed by atoms with Gasteiger partial charge in [0.05, 0.1) is 22.8 Å². The molecule has 4 heterocycles. The third-order valence-corrected chi connectivity index (χ3v) is 5.42. The Bertz CT molecular complexity index is 901. The SMILES string of the molecule is Cc1[nH]c2c(N3CC4(CCOC4)C3)c(C#N)c(C(F)(F)F)nc2c1Cl. The lowest BCUT2D eigenvalue weighted by Crippen LogP contribution is -2.57. The number of aromatic amines is 1. The van der Waals surface area contributed by atoms with Gasteiger partial charge in [0.15, 0.2) is 5.69 Å². The van der Waals surface area contributed by atoms with Crippen molar-refractivity contribution in [3.8, 4) is 6.07 Å². The first-order valence-electron chi connectivity index (χ1n) is 7.77. The molecule has 1 spiro atoms. The monoisotopic (exact) mass is 370 g/mol. The van der Waals surface area contributed by atoms with Crippen molar-refractivity contribution < 1.29 is 17.9 Å². The minimum Gasteiger partial charge on any atom is -0.381 e. The van der Waals surface area contributed by atoms with E-state index in [1.165, 1.54) is 0 Å². The van der Waals surface area contributed by atoms with Crippen molar-refractivity contribution in [1.29, 1.82) is 5.26 Å². The van der Waals surface area contributed by atoms with Crippen LogP contribution >= 0.6 is 11.6 Å². The zero-order valence-corrected chi connectivity index (χ0v) is 14.1. The summed E-state index contributed by atoms with van der Waals surface area (Å²) in [6, 6.07) is 1.70. The Labute approximate surface area is 146 Å². The minimum atomic E-state index is -4.73. The van der Waals surface area contributed by atoms with Gasteiger partial charge in [-0.15, -0.1) is 0 Å². The maximum Gasteiger partial charge on any atom is 0.434 e. The van der Waals surface area contributed by atoms with Crippen LogP contribution in [-0.2, 0) is 10.9 Å². The number of aryl methyl sites for hydroxylation is 1. The Kier molecular flexibility index (Phi) is 3.47. The van der Waals surface area contributed by atoms with E-state index in [2.05, 4.69) is 9.97 Å². The maximum atomic E-state index is 13.5. The van der Waals surface area contributed by atoms with Crippen LogP contribution in [0, 0.1) is 23.7 Å². The van der Waals surface area contributed by atoms with Crippen LogP contribution in [0.25, 0.3) is 11.0 Å². The Hall–Kier alpha value is -1.98. The quantitative estimate of drug-likeness (QED) is 0.832. The number of nitrogens with zero attached hydrogens (tertiary/aromatic N) is 3. The molecular weight excluding hydrogens is 357 g/mol. The number of anilines is 1. The minimum absolute atomic E-state index is 0.0356. The summed E-state index contributed by atoms with van der Waals surface area (Å²) in [4.78, 5) is 8.45. The number of alkyl halides is 3. The van der Waals surface area contributed by atoms with Gasteiger partial charge in [-0.1, -0.05) is 11.6 Å². The zero-order valence-electron chi connectivity index (χ0n) is 13.3. The number of fused-ring (bicyclic) bond motifs is 1. The van der Waals surface area contributed by atoms with Gasteiger partial charge in [-0.25, -0.2) is 4.98 Å². The van der Waals surface area contributed by atoms with Crippen LogP contribution < -0.4 is 4.90 Å². The highest BCUT2D eigenvalue weighted by Gasteiger charge is 2.48. The highest BCUT2D eigenvalue weighted by atomic mass is 35.5. The Balaban J connectivity index is 1.92. The molecule has 0 aromatic carbocycles. The molecule has 9 heteroatoms. The molecule has 5 nitrogen and oxygen atoms in total. The molecule has 25 heavy (non-hydrogen) atoms. The molecule has 0 radical (unpaired) electrons. The number of nitrogens with one attached hydrogen (secondary N) is 1. The standard InChI is InChI=1S/C16H14ClF3N4O/c1-8-10(17)11-12(22-8)13(9(4-21)14(23-11)16(18,19)20)24-5-15(6-24)2-3-25-7-15/h22H,2-3,5-7H2,1H3. The molecule has 0 aliphatic carbocycles. The Morgan fingerprint density at radius 2 is 2.12 bits per heavy atom. The number of rotatable bonds is 1. The van der Waals surface area contributed by atoms with Gasteiger partial charge in [0.25, 0.3) is 0 Å². The van der Waals surface area contributed by atoms with E-state index in [9.17, 15) is 18.4 Å². The van der Waals surface area contributed by atoms with Gasteiger partial charge in [-0.3, -0.25) is 0 Å². The van der Waals surface area contributed by atoms with Crippen molar-refractivity contribution in [2.45, 2.75) is 19.5 Å². The van der Waals surface area contributed by atoms with Crippen LogP contribution in [0.4, 0.5) is 18.9 Å². The fourth-order valence-corrected chi connectivity index (χ4v) is 3.90. The summed E-state index contributed by atoms with van der Waals surface area (Å²) < 4.78 is 45.8. The molecule has 2 saturated heterocycles. The van der Waals surface area contributed by atoms with E-state index in [0.29, 0.717) is 37.5 Å². The van der Waals surface area contributed by atoms with Gasteiger partial charge in [-0.05, 0) is 13.3 Å². The van der Waals surface area contributed by atoms with Crippen LogP contribution in [-0.4, -0.2) is 36.3 Å². The molecule has 0 atom stereocenters. The van der Waals surface area contributed by atoms with Crippen molar-refractivity contribution >= 4 is 28.3 Å². The fourth-order valence-electron chi connectivity index (χ4n) is 3.72. The first kappa shape index (κ1) is 16.5. The van der Waals surface area contributed by atoms with Crippen molar-refractivity contribution in [3.05, 3.63) is 22.0 Å². The normalized spacial score (nSPS) is 19.4. The zero-order chi connectivity index (χ0) is 18.0. The van der Waals surface area contributed by atoms with E-state index in [-0.39, 0.29) is 21.6 Å². The van der Waals surface area contributed by atoms with Crippen LogP contribution in [0.3, 0.4) is 0 Å². The second-order valence-electron chi connectivity index (χ2n) is 6.74. The second-order valence-corrected chi connectivity index (χ2v) is 7.12.